The fraction of sp³-hybridized carbons (Fsp3) is 0.462. The lowest BCUT2D eigenvalue weighted by atomic mass is 10.2. The number of methoxy groups -OCH3 is 3. The topological polar surface area (TPSA) is 74.0 Å². The molecule has 0 radical (unpaired) electrons. The van der Waals surface area contributed by atoms with Crippen LogP contribution in [-0.4, -0.2) is 39.8 Å². The van der Waals surface area contributed by atoms with Gasteiger partial charge in [0, 0.05) is 31.1 Å². The van der Waals surface area contributed by atoms with Crippen molar-refractivity contribution in [2.45, 2.75) is 12.5 Å². The molecule has 1 amide bonds. The van der Waals surface area contributed by atoms with Gasteiger partial charge in [0.2, 0.25) is 5.91 Å². The molecule has 1 aliphatic rings. The Balaban J connectivity index is 2.51. The number of anilines is 1. The summed E-state index contributed by atoms with van der Waals surface area (Å²) in [5, 5.41) is 0. The number of hydrogen-bond acceptors (Lipinski definition) is 5. The number of ether oxygens (including phenoxy) is 3. The quantitative estimate of drug-likeness (QED) is 0.871. The van der Waals surface area contributed by atoms with E-state index >= 15 is 0 Å². The Bertz CT molecular complexity index is 465. The Hall–Kier alpha value is -1.95. The number of carbonyl (C=O) groups is 1. The van der Waals surface area contributed by atoms with Crippen molar-refractivity contribution in [1.29, 1.82) is 0 Å². The summed E-state index contributed by atoms with van der Waals surface area (Å²) in [4.78, 5) is 13.6. The van der Waals surface area contributed by atoms with Crippen LogP contribution in [0.2, 0.25) is 0 Å². The molecule has 1 heterocycles. The SMILES string of the molecule is COc1cc(OC)c(N2CC(N)CC2=O)c(OC)c1. The lowest BCUT2D eigenvalue weighted by Gasteiger charge is -2.22. The maximum atomic E-state index is 12.0. The summed E-state index contributed by atoms with van der Waals surface area (Å²) < 4.78 is 15.8. The number of nitrogens with two attached hydrogens (primary N) is 1. The zero-order valence-corrected chi connectivity index (χ0v) is 11.3. The van der Waals surface area contributed by atoms with E-state index in [0.29, 0.717) is 35.9 Å². The molecule has 1 saturated heterocycles. The molecule has 6 nitrogen and oxygen atoms in total. The maximum Gasteiger partial charge on any atom is 0.228 e. The van der Waals surface area contributed by atoms with Crippen LogP contribution < -0.4 is 24.8 Å². The van der Waals surface area contributed by atoms with Gasteiger partial charge in [0.15, 0.2) is 0 Å². The van der Waals surface area contributed by atoms with Crippen LogP contribution in [0.25, 0.3) is 0 Å². The molecule has 104 valence electrons. The van der Waals surface area contributed by atoms with Gasteiger partial charge in [0.1, 0.15) is 22.9 Å². The van der Waals surface area contributed by atoms with E-state index in [9.17, 15) is 4.79 Å². The number of benzene rings is 1. The van der Waals surface area contributed by atoms with E-state index in [1.165, 1.54) is 14.2 Å². The summed E-state index contributed by atoms with van der Waals surface area (Å²) in [5.74, 6) is 1.62. The fourth-order valence-corrected chi connectivity index (χ4v) is 2.20. The van der Waals surface area contributed by atoms with Crippen molar-refractivity contribution in [3.8, 4) is 17.2 Å². The van der Waals surface area contributed by atoms with Gasteiger partial charge in [-0.3, -0.25) is 4.79 Å². The highest BCUT2D eigenvalue weighted by molar-refractivity contribution is 5.99. The molecule has 1 fully saturated rings. The van der Waals surface area contributed by atoms with Gasteiger partial charge in [0.25, 0.3) is 0 Å². The van der Waals surface area contributed by atoms with E-state index in [-0.39, 0.29) is 11.9 Å². The number of nitrogens with zero attached hydrogens (tertiary/aromatic N) is 1. The first-order valence-corrected chi connectivity index (χ1v) is 5.96. The van der Waals surface area contributed by atoms with Crippen LogP contribution in [0.4, 0.5) is 5.69 Å². The highest BCUT2D eigenvalue weighted by atomic mass is 16.5. The monoisotopic (exact) mass is 266 g/mol. The normalized spacial score (nSPS) is 18.6. The highest BCUT2D eigenvalue weighted by Crippen LogP contribution is 2.42. The molecule has 0 spiro atoms. The summed E-state index contributed by atoms with van der Waals surface area (Å²) in [6.45, 7) is 0.456. The van der Waals surface area contributed by atoms with Crippen molar-refractivity contribution < 1.29 is 19.0 Å². The van der Waals surface area contributed by atoms with Crippen LogP contribution in [0.5, 0.6) is 17.2 Å². The third kappa shape index (κ3) is 2.44. The molecule has 2 N–H and O–H groups in total. The van der Waals surface area contributed by atoms with Gasteiger partial charge in [-0.05, 0) is 0 Å². The van der Waals surface area contributed by atoms with Crippen molar-refractivity contribution in [3.05, 3.63) is 12.1 Å². The summed E-state index contributed by atoms with van der Waals surface area (Å²) in [7, 11) is 4.64. The third-order valence-corrected chi connectivity index (χ3v) is 3.11. The van der Waals surface area contributed by atoms with Crippen LogP contribution in [0, 0.1) is 0 Å². The molecule has 0 aromatic heterocycles. The average molecular weight is 266 g/mol. The summed E-state index contributed by atoms with van der Waals surface area (Å²) in [5.41, 5.74) is 6.42. The van der Waals surface area contributed by atoms with E-state index in [4.69, 9.17) is 19.9 Å². The standard InChI is InChI=1S/C13H18N2O4/c1-17-9-5-10(18-2)13(11(6-9)19-3)15-7-8(14)4-12(15)16/h5-6,8H,4,7,14H2,1-3H3. The first kappa shape index (κ1) is 13.5. The zero-order valence-electron chi connectivity index (χ0n) is 11.3. The molecule has 1 aromatic carbocycles. The predicted octanol–water partition coefficient (Wildman–Crippen LogP) is 0.776. The van der Waals surface area contributed by atoms with Gasteiger partial charge in [-0.1, -0.05) is 0 Å². The minimum Gasteiger partial charge on any atom is -0.496 e. The van der Waals surface area contributed by atoms with E-state index in [0.717, 1.165) is 0 Å². The maximum absolute atomic E-state index is 12.0. The minimum absolute atomic E-state index is 0.0331. The van der Waals surface area contributed by atoms with Crippen molar-refractivity contribution >= 4 is 11.6 Å². The molecule has 2 rings (SSSR count). The Morgan fingerprint density at radius 3 is 2.11 bits per heavy atom. The molecular formula is C13H18N2O4. The second-order valence-corrected chi connectivity index (χ2v) is 4.35. The van der Waals surface area contributed by atoms with Crippen LogP contribution in [-0.2, 0) is 4.79 Å². The van der Waals surface area contributed by atoms with Crippen LogP contribution in [0.3, 0.4) is 0 Å². The molecule has 0 saturated carbocycles. The van der Waals surface area contributed by atoms with E-state index in [1.807, 2.05) is 0 Å². The minimum atomic E-state index is -0.163. The van der Waals surface area contributed by atoms with Gasteiger partial charge in [-0.2, -0.15) is 0 Å². The largest absolute Gasteiger partial charge is 0.496 e. The molecule has 6 heteroatoms. The summed E-state index contributed by atoms with van der Waals surface area (Å²) in [6.07, 6.45) is 0.332. The van der Waals surface area contributed by atoms with Crippen molar-refractivity contribution in [3.63, 3.8) is 0 Å². The lowest BCUT2D eigenvalue weighted by Crippen LogP contribution is -2.28. The van der Waals surface area contributed by atoms with Crippen LogP contribution >= 0.6 is 0 Å². The number of amides is 1. The molecule has 0 bridgehead atoms. The summed E-state index contributed by atoms with van der Waals surface area (Å²) >= 11 is 0. The third-order valence-electron chi connectivity index (χ3n) is 3.11. The van der Waals surface area contributed by atoms with Gasteiger partial charge in [-0.25, -0.2) is 0 Å². The number of rotatable bonds is 4. The van der Waals surface area contributed by atoms with Gasteiger partial charge in [0.05, 0.1) is 21.3 Å². The molecule has 1 unspecified atom stereocenters. The fourth-order valence-electron chi connectivity index (χ4n) is 2.20. The van der Waals surface area contributed by atoms with E-state index < -0.39 is 0 Å². The van der Waals surface area contributed by atoms with Crippen molar-refractivity contribution in [2.24, 2.45) is 5.73 Å². The van der Waals surface area contributed by atoms with Crippen molar-refractivity contribution in [1.82, 2.24) is 0 Å². The van der Waals surface area contributed by atoms with E-state index in [2.05, 4.69) is 0 Å². The van der Waals surface area contributed by atoms with E-state index in [1.54, 1.807) is 24.1 Å². The van der Waals surface area contributed by atoms with Crippen LogP contribution in [0.15, 0.2) is 12.1 Å². The average Bonchev–Trinajstić information content (AvgIpc) is 2.75. The molecule has 1 aromatic rings. The smallest absolute Gasteiger partial charge is 0.228 e. The first-order chi connectivity index (χ1) is 9.10. The zero-order chi connectivity index (χ0) is 14.0. The second-order valence-electron chi connectivity index (χ2n) is 4.35. The molecule has 19 heavy (non-hydrogen) atoms. The second kappa shape index (κ2) is 5.36. The predicted molar refractivity (Wildman–Crippen MR) is 71.0 cm³/mol. The lowest BCUT2D eigenvalue weighted by molar-refractivity contribution is -0.117. The Labute approximate surface area is 112 Å². The van der Waals surface area contributed by atoms with Gasteiger partial charge < -0.3 is 24.8 Å². The first-order valence-electron chi connectivity index (χ1n) is 5.96. The van der Waals surface area contributed by atoms with Crippen molar-refractivity contribution in [2.75, 3.05) is 32.8 Å². The molecule has 1 atom stereocenters. The van der Waals surface area contributed by atoms with Crippen LogP contribution in [0.1, 0.15) is 6.42 Å². The van der Waals surface area contributed by atoms with Gasteiger partial charge >= 0.3 is 0 Å². The summed E-state index contributed by atoms with van der Waals surface area (Å²) in [6, 6.07) is 3.27. The highest BCUT2D eigenvalue weighted by Gasteiger charge is 2.32. The Morgan fingerprint density at radius 1 is 1.16 bits per heavy atom. The molecule has 1 aliphatic heterocycles. The Kier molecular flexibility index (Phi) is 3.80. The number of hydrogen-bond donors (Lipinski definition) is 1. The number of carbonyl (C=O) groups excluding carboxylic acids is 1. The molecular weight excluding hydrogens is 248 g/mol. The Morgan fingerprint density at radius 2 is 1.74 bits per heavy atom. The molecule has 0 aliphatic carbocycles. The van der Waals surface area contributed by atoms with Gasteiger partial charge in [-0.15, -0.1) is 0 Å².